The van der Waals surface area contributed by atoms with Crippen LogP contribution in [0.1, 0.15) is 0 Å². The van der Waals surface area contributed by atoms with E-state index in [-0.39, 0.29) is 22.2 Å². The fourth-order valence-electron chi connectivity index (χ4n) is 1.31. The molecule has 0 aromatic heterocycles. The van der Waals surface area contributed by atoms with Crippen molar-refractivity contribution >= 4 is 39.9 Å². The van der Waals surface area contributed by atoms with Gasteiger partial charge in [0.1, 0.15) is 17.4 Å². The molecule has 0 radical (unpaired) electrons. The molecule has 0 aliphatic rings. The van der Waals surface area contributed by atoms with Crippen LogP contribution in [0.3, 0.4) is 0 Å². The molecular weight excluding hydrogens is 374 g/mol. The summed E-state index contributed by atoms with van der Waals surface area (Å²) >= 11 is 7.62. The largest absolute Gasteiger partial charge is 0.454 e. The van der Waals surface area contributed by atoms with Crippen LogP contribution >= 0.6 is 34.2 Å². The first-order valence-corrected chi connectivity index (χ1v) is 6.30. The van der Waals surface area contributed by atoms with Crippen LogP contribution in [0, 0.1) is 15.2 Å². The van der Waals surface area contributed by atoms with Crippen LogP contribution in [0.25, 0.3) is 0 Å². The summed E-state index contributed by atoms with van der Waals surface area (Å²) in [6, 6.07) is 6.27. The summed E-state index contributed by atoms with van der Waals surface area (Å²) in [4.78, 5) is 0. The van der Waals surface area contributed by atoms with E-state index in [0.29, 0.717) is 3.57 Å². The molecule has 0 aliphatic heterocycles. The van der Waals surface area contributed by atoms with E-state index < -0.39 is 11.6 Å². The van der Waals surface area contributed by atoms with Crippen molar-refractivity contribution in [3.8, 4) is 11.5 Å². The summed E-state index contributed by atoms with van der Waals surface area (Å²) in [5.74, 6) is -0.570. The molecule has 2 nitrogen and oxygen atoms in total. The summed E-state index contributed by atoms with van der Waals surface area (Å²) in [5, 5.41) is 0.0911. The topological polar surface area (TPSA) is 35.2 Å². The van der Waals surface area contributed by atoms with E-state index in [1.54, 1.807) is 0 Å². The Balaban J connectivity index is 2.37. The number of rotatable bonds is 2. The van der Waals surface area contributed by atoms with Gasteiger partial charge in [0.15, 0.2) is 5.75 Å². The molecule has 2 aromatic rings. The Morgan fingerprint density at radius 1 is 1.11 bits per heavy atom. The van der Waals surface area contributed by atoms with E-state index in [0.717, 1.165) is 12.1 Å². The fraction of sp³-hybridized carbons (Fsp3) is 0. The molecule has 0 fully saturated rings. The molecule has 0 spiro atoms. The third-order valence-corrected chi connectivity index (χ3v) is 3.29. The Hall–Kier alpha value is -1.08. The molecule has 0 bridgehead atoms. The Morgan fingerprint density at radius 2 is 1.83 bits per heavy atom. The minimum atomic E-state index is -0.478. The lowest BCUT2D eigenvalue weighted by molar-refractivity contribution is 0.477. The normalized spacial score (nSPS) is 10.4. The van der Waals surface area contributed by atoms with Gasteiger partial charge in [-0.3, -0.25) is 0 Å². The molecular formula is C12H7ClF2INO. The molecule has 0 saturated carbocycles. The second kappa shape index (κ2) is 5.27. The van der Waals surface area contributed by atoms with Gasteiger partial charge in [-0.15, -0.1) is 0 Å². The van der Waals surface area contributed by atoms with Gasteiger partial charge in [-0.05, 0) is 46.9 Å². The SMILES string of the molecule is Nc1cc(I)c(F)cc1Oc1ccc(F)cc1Cl. The van der Waals surface area contributed by atoms with E-state index in [1.807, 2.05) is 22.6 Å². The highest BCUT2D eigenvalue weighted by molar-refractivity contribution is 14.1. The van der Waals surface area contributed by atoms with Crippen molar-refractivity contribution in [1.29, 1.82) is 0 Å². The average molecular weight is 382 g/mol. The highest BCUT2D eigenvalue weighted by Gasteiger charge is 2.10. The lowest BCUT2D eigenvalue weighted by Crippen LogP contribution is -1.95. The van der Waals surface area contributed by atoms with Gasteiger partial charge in [-0.25, -0.2) is 8.78 Å². The maximum atomic E-state index is 13.4. The molecule has 94 valence electrons. The molecule has 2 aromatic carbocycles. The van der Waals surface area contributed by atoms with Crippen molar-refractivity contribution in [2.24, 2.45) is 0 Å². The van der Waals surface area contributed by atoms with Gasteiger partial charge < -0.3 is 10.5 Å². The maximum absolute atomic E-state index is 13.4. The number of benzene rings is 2. The van der Waals surface area contributed by atoms with E-state index in [1.165, 1.54) is 18.2 Å². The van der Waals surface area contributed by atoms with E-state index in [9.17, 15) is 8.78 Å². The summed E-state index contributed by atoms with van der Waals surface area (Å²) < 4.78 is 32.0. The molecule has 2 N–H and O–H groups in total. The molecule has 0 amide bonds. The quantitative estimate of drug-likeness (QED) is 0.610. The Morgan fingerprint density at radius 3 is 2.50 bits per heavy atom. The van der Waals surface area contributed by atoms with Crippen LogP contribution in [0.2, 0.25) is 5.02 Å². The Bertz CT molecular complexity index is 607. The second-order valence-corrected chi connectivity index (χ2v) is 5.05. The molecule has 0 saturated heterocycles. The first kappa shape index (κ1) is 13.4. The zero-order valence-electron chi connectivity index (χ0n) is 8.88. The zero-order valence-corrected chi connectivity index (χ0v) is 11.8. The first-order valence-electron chi connectivity index (χ1n) is 4.85. The van der Waals surface area contributed by atoms with Crippen molar-refractivity contribution < 1.29 is 13.5 Å². The lowest BCUT2D eigenvalue weighted by atomic mass is 10.3. The van der Waals surface area contributed by atoms with Gasteiger partial charge in [0.2, 0.25) is 0 Å². The predicted molar refractivity (Wildman–Crippen MR) is 75.0 cm³/mol. The number of ether oxygens (including phenoxy) is 1. The number of hydrogen-bond donors (Lipinski definition) is 1. The van der Waals surface area contributed by atoms with Gasteiger partial charge in [-0.2, -0.15) is 0 Å². The zero-order chi connectivity index (χ0) is 13.3. The van der Waals surface area contributed by atoms with Crippen molar-refractivity contribution in [3.05, 3.63) is 50.6 Å². The molecule has 0 atom stereocenters. The number of nitrogens with two attached hydrogens (primary N) is 1. The molecule has 6 heteroatoms. The summed E-state index contributed by atoms with van der Waals surface area (Å²) in [6.45, 7) is 0. The summed E-state index contributed by atoms with van der Waals surface area (Å²) in [5.41, 5.74) is 5.98. The molecule has 0 aliphatic carbocycles. The highest BCUT2D eigenvalue weighted by atomic mass is 127. The molecule has 0 unspecified atom stereocenters. The monoisotopic (exact) mass is 381 g/mol. The third-order valence-electron chi connectivity index (χ3n) is 2.17. The van der Waals surface area contributed by atoms with Gasteiger partial charge in [0, 0.05) is 6.07 Å². The lowest BCUT2D eigenvalue weighted by Gasteiger charge is -2.10. The van der Waals surface area contributed by atoms with E-state index >= 15 is 0 Å². The number of halogens is 4. The smallest absolute Gasteiger partial charge is 0.153 e. The third kappa shape index (κ3) is 2.84. The summed E-state index contributed by atoms with van der Waals surface area (Å²) in [6.07, 6.45) is 0. The van der Waals surface area contributed by atoms with Crippen LogP contribution < -0.4 is 10.5 Å². The Kier molecular flexibility index (Phi) is 3.91. The van der Waals surface area contributed by atoms with Crippen molar-refractivity contribution in [3.63, 3.8) is 0 Å². The second-order valence-electron chi connectivity index (χ2n) is 3.48. The van der Waals surface area contributed by atoms with Crippen LogP contribution in [-0.4, -0.2) is 0 Å². The molecule has 18 heavy (non-hydrogen) atoms. The molecule has 2 rings (SSSR count). The minimum absolute atomic E-state index is 0.0911. The van der Waals surface area contributed by atoms with Crippen LogP contribution in [-0.2, 0) is 0 Å². The predicted octanol–water partition coefficient (Wildman–Crippen LogP) is 4.60. The van der Waals surface area contributed by atoms with Crippen molar-refractivity contribution in [2.75, 3.05) is 5.73 Å². The van der Waals surface area contributed by atoms with Gasteiger partial charge in [0.05, 0.1) is 14.3 Å². The standard InChI is InChI=1S/C12H7ClF2INO/c13-7-3-6(14)1-2-11(7)18-12-4-8(15)9(16)5-10(12)17/h1-5H,17H2. The van der Waals surface area contributed by atoms with Crippen LogP contribution in [0.4, 0.5) is 14.5 Å². The number of hydrogen-bond acceptors (Lipinski definition) is 2. The maximum Gasteiger partial charge on any atom is 0.153 e. The van der Waals surface area contributed by atoms with Gasteiger partial charge >= 0.3 is 0 Å². The fourth-order valence-corrected chi connectivity index (χ4v) is 2.01. The van der Waals surface area contributed by atoms with Gasteiger partial charge in [-0.1, -0.05) is 11.6 Å². The molecule has 0 heterocycles. The van der Waals surface area contributed by atoms with E-state index in [4.69, 9.17) is 22.1 Å². The number of anilines is 1. The highest BCUT2D eigenvalue weighted by Crippen LogP contribution is 2.34. The summed E-state index contributed by atoms with van der Waals surface area (Å²) in [7, 11) is 0. The first-order chi connectivity index (χ1) is 8.47. The van der Waals surface area contributed by atoms with Crippen molar-refractivity contribution in [2.45, 2.75) is 0 Å². The Labute approximate surface area is 121 Å². The van der Waals surface area contributed by atoms with Crippen molar-refractivity contribution in [1.82, 2.24) is 0 Å². The van der Waals surface area contributed by atoms with Crippen LogP contribution in [0.15, 0.2) is 30.3 Å². The van der Waals surface area contributed by atoms with E-state index in [2.05, 4.69) is 0 Å². The van der Waals surface area contributed by atoms with Crippen LogP contribution in [0.5, 0.6) is 11.5 Å². The number of nitrogen functional groups attached to an aromatic ring is 1. The van der Waals surface area contributed by atoms with Gasteiger partial charge in [0.25, 0.3) is 0 Å². The average Bonchev–Trinajstić information content (AvgIpc) is 2.29. The minimum Gasteiger partial charge on any atom is -0.454 e.